The number of pyridine rings is 1. The molecule has 1 unspecified atom stereocenters. The zero-order valence-electron chi connectivity index (χ0n) is 12.2. The van der Waals surface area contributed by atoms with Crippen LogP contribution in [0.25, 0.3) is 5.65 Å². The highest BCUT2D eigenvalue weighted by atomic mass is 16.5. The molecule has 0 saturated carbocycles. The Bertz CT molecular complexity index is 757. The average Bonchev–Trinajstić information content (AvgIpc) is 3.04. The molecule has 0 radical (unpaired) electrons. The van der Waals surface area contributed by atoms with E-state index in [1.165, 1.54) is 0 Å². The van der Waals surface area contributed by atoms with Crippen LogP contribution in [0, 0.1) is 0 Å². The minimum Gasteiger partial charge on any atom is -0.487 e. The van der Waals surface area contributed by atoms with Crippen LogP contribution in [0.2, 0.25) is 0 Å². The zero-order chi connectivity index (χ0) is 14.8. The predicted molar refractivity (Wildman–Crippen MR) is 83.1 cm³/mol. The Hall–Kier alpha value is -2.63. The fraction of sp³-hybridized carbons (Fsp3) is 0.312. The van der Waals surface area contributed by atoms with Crippen LogP contribution >= 0.6 is 0 Å². The van der Waals surface area contributed by atoms with Crippen molar-refractivity contribution in [3.63, 3.8) is 0 Å². The molecule has 6 nitrogen and oxygen atoms in total. The summed E-state index contributed by atoms with van der Waals surface area (Å²) in [5, 5.41) is 4.18. The van der Waals surface area contributed by atoms with Crippen LogP contribution in [0.4, 0.5) is 5.82 Å². The van der Waals surface area contributed by atoms with Gasteiger partial charge in [0.2, 0.25) is 0 Å². The summed E-state index contributed by atoms with van der Waals surface area (Å²) >= 11 is 0. The highest BCUT2D eigenvalue weighted by molar-refractivity contribution is 5.47. The van der Waals surface area contributed by atoms with Gasteiger partial charge in [0, 0.05) is 25.0 Å². The molecule has 3 aromatic rings. The number of rotatable bonds is 3. The number of fused-ring (bicyclic) bond motifs is 1. The maximum Gasteiger partial charge on any atom is 0.157 e. The fourth-order valence-corrected chi connectivity index (χ4v) is 2.83. The molecule has 1 fully saturated rings. The molecule has 1 aliphatic heterocycles. The molecule has 1 aliphatic rings. The SMILES string of the molecule is c1cncc(OC2CCCN(c3ccn4nccc4n3)C2)c1. The van der Waals surface area contributed by atoms with Crippen LogP contribution in [0.5, 0.6) is 5.75 Å². The first-order chi connectivity index (χ1) is 10.9. The summed E-state index contributed by atoms with van der Waals surface area (Å²) in [5.74, 6) is 1.81. The van der Waals surface area contributed by atoms with E-state index in [1.54, 1.807) is 23.1 Å². The molecule has 0 spiro atoms. The number of anilines is 1. The predicted octanol–water partition coefficient (Wildman–Crippen LogP) is 2.17. The topological polar surface area (TPSA) is 55.5 Å². The van der Waals surface area contributed by atoms with Crippen molar-refractivity contribution in [1.82, 2.24) is 19.6 Å². The molecule has 4 heterocycles. The second-order valence-electron chi connectivity index (χ2n) is 5.44. The van der Waals surface area contributed by atoms with Crippen molar-refractivity contribution in [2.75, 3.05) is 18.0 Å². The lowest BCUT2D eigenvalue weighted by Crippen LogP contribution is -2.41. The number of hydrogen-bond acceptors (Lipinski definition) is 5. The molecule has 0 bridgehead atoms. The Labute approximate surface area is 128 Å². The molecule has 4 rings (SSSR count). The molecule has 22 heavy (non-hydrogen) atoms. The Morgan fingerprint density at radius 3 is 3.09 bits per heavy atom. The maximum absolute atomic E-state index is 6.03. The third kappa shape index (κ3) is 2.59. The van der Waals surface area contributed by atoms with Crippen LogP contribution < -0.4 is 9.64 Å². The van der Waals surface area contributed by atoms with E-state index in [9.17, 15) is 0 Å². The number of ether oxygens (including phenoxy) is 1. The standard InChI is InChI=1S/C16H17N5O/c1-3-13(11-17-7-1)22-14-4-2-9-20(12-14)15-6-10-21-16(19-15)5-8-18-21/h1,3,5-8,10-11,14H,2,4,9,12H2. The summed E-state index contributed by atoms with van der Waals surface area (Å²) in [7, 11) is 0. The van der Waals surface area contributed by atoms with Crippen LogP contribution in [-0.2, 0) is 0 Å². The average molecular weight is 295 g/mol. The fourth-order valence-electron chi connectivity index (χ4n) is 2.83. The lowest BCUT2D eigenvalue weighted by atomic mass is 10.1. The molecule has 1 atom stereocenters. The lowest BCUT2D eigenvalue weighted by molar-refractivity contribution is 0.178. The lowest BCUT2D eigenvalue weighted by Gasteiger charge is -2.33. The Morgan fingerprint density at radius 1 is 1.18 bits per heavy atom. The van der Waals surface area contributed by atoms with Crippen molar-refractivity contribution < 1.29 is 4.74 Å². The van der Waals surface area contributed by atoms with Gasteiger partial charge in [0.1, 0.15) is 17.7 Å². The van der Waals surface area contributed by atoms with Gasteiger partial charge in [-0.15, -0.1) is 0 Å². The van der Waals surface area contributed by atoms with E-state index >= 15 is 0 Å². The second-order valence-corrected chi connectivity index (χ2v) is 5.44. The molecule has 3 aromatic heterocycles. The monoisotopic (exact) mass is 295 g/mol. The van der Waals surface area contributed by atoms with Crippen LogP contribution in [0.3, 0.4) is 0 Å². The molecule has 6 heteroatoms. The molecule has 0 N–H and O–H groups in total. The van der Waals surface area contributed by atoms with Crippen molar-refractivity contribution in [2.24, 2.45) is 0 Å². The van der Waals surface area contributed by atoms with Crippen molar-refractivity contribution in [2.45, 2.75) is 18.9 Å². The van der Waals surface area contributed by atoms with Gasteiger partial charge in [-0.05, 0) is 31.0 Å². The third-order valence-corrected chi connectivity index (χ3v) is 3.88. The first kappa shape index (κ1) is 13.1. The van der Waals surface area contributed by atoms with Crippen molar-refractivity contribution in [1.29, 1.82) is 0 Å². The van der Waals surface area contributed by atoms with E-state index in [1.807, 2.05) is 30.5 Å². The normalized spacial score (nSPS) is 18.5. The molecular formula is C16H17N5O. The van der Waals surface area contributed by atoms with E-state index in [0.29, 0.717) is 0 Å². The summed E-state index contributed by atoms with van der Waals surface area (Å²) in [6, 6.07) is 7.76. The van der Waals surface area contributed by atoms with Gasteiger partial charge >= 0.3 is 0 Å². The van der Waals surface area contributed by atoms with E-state index in [4.69, 9.17) is 4.74 Å². The largest absolute Gasteiger partial charge is 0.487 e. The van der Waals surface area contributed by atoms with Crippen LogP contribution in [-0.4, -0.2) is 38.8 Å². The number of nitrogens with zero attached hydrogens (tertiary/aromatic N) is 5. The summed E-state index contributed by atoms with van der Waals surface area (Å²) in [6.07, 6.45) is 9.54. The zero-order valence-corrected chi connectivity index (χ0v) is 12.2. The van der Waals surface area contributed by atoms with Gasteiger partial charge < -0.3 is 9.64 Å². The maximum atomic E-state index is 6.03. The highest BCUT2D eigenvalue weighted by Crippen LogP contribution is 2.21. The minimum atomic E-state index is 0.167. The van der Waals surface area contributed by atoms with Crippen molar-refractivity contribution in [3.05, 3.63) is 49.1 Å². The van der Waals surface area contributed by atoms with Gasteiger partial charge in [-0.1, -0.05) is 0 Å². The van der Waals surface area contributed by atoms with E-state index in [-0.39, 0.29) is 6.10 Å². The first-order valence-electron chi connectivity index (χ1n) is 7.50. The summed E-state index contributed by atoms with van der Waals surface area (Å²) in [4.78, 5) is 11.0. The van der Waals surface area contributed by atoms with E-state index in [0.717, 1.165) is 43.1 Å². The molecule has 1 saturated heterocycles. The Morgan fingerprint density at radius 2 is 2.18 bits per heavy atom. The molecule has 0 amide bonds. The number of aromatic nitrogens is 4. The minimum absolute atomic E-state index is 0.167. The van der Waals surface area contributed by atoms with Crippen LogP contribution in [0.1, 0.15) is 12.8 Å². The molecule has 0 aliphatic carbocycles. The Balaban J connectivity index is 1.50. The highest BCUT2D eigenvalue weighted by Gasteiger charge is 2.22. The second kappa shape index (κ2) is 5.63. The van der Waals surface area contributed by atoms with E-state index in [2.05, 4.69) is 20.0 Å². The van der Waals surface area contributed by atoms with E-state index < -0.39 is 0 Å². The van der Waals surface area contributed by atoms with Crippen LogP contribution in [0.15, 0.2) is 49.1 Å². The molecule has 0 aromatic carbocycles. The summed E-state index contributed by atoms with van der Waals surface area (Å²) in [6.45, 7) is 1.84. The number of hydrogen-bond donors (Lipinski definition) is 0. The summed E-state index contributed by atoms with van der Waals surface area (Å²) in [5.41, 5.74) is 0.868. The molecular weight excluding hydrogens is 278 g/mol. The van der Waals surface area contributed by atoms with Gasteiger partial charge in [-0.3, -0.25) is 4.98 Å². The summed E-state index contributed by atoms with van der Waals surface area (Å²) < 4.78 is 7.80. The Kier molecular flexibility index (Phi) is 3.34. The van der Waals surface area contributed by atoms with Crippen molar-refractivity contribution >= 4 is 11.5 Å². The van der Waals surface area contributed by atoms with Gasteiger partial charge in [0.15, 0.2) is 5.65 Å². The van der Waals surface area contributed by atoms with Gasteiger partial charge in [-0.25, -0.2) is 9.50 Å². The number of piperidine rings is 1. The van der Waals surface area contributed by atoms with Gasteiger partial charge in [-0.2, -0.15) is 5.10 Å². The molecule has 112 valence electrons. The first-order valence-corrected chi connectivity index (χ1v) is 7.50. The van der Waals surface area contributed by atoms with Gasteiger partial charge in [0.25, 0.3) is 0 Å². The smallest absolute Gasteiger partial charge is 0.157 e. The quantitative estimate of drug-likeness (QED) is 0.741. The van der Waals surface area contributed by atoms with Gasteiger partial charge in [0.05, 0.1) is 18.9 Å². The third-order valence-electron chi connectivity index (χ3n) is 3.88. The van der Waals surface area contributed by atoms with Crippen molar-refractivity contribution in [3.8, 4) is 5.75 Å².